The van der Waals surface area contributed by atoms with E-state index in [1.165, 1.54) is 12.1 Å². The van der Waals surface area contributed by atoms with Crippen LogP contribution in [-0.2, 0) is 10.0 Å². The highest BCUT2D eigenvalue weighted by molar-refractivity contribution is 7.93. The van der Waals surface area contributed by atoms with E-state index in [9.17, 15) is 23.1 Å². The number of phenols is 1. The van der Waals surface area contributed by atoms with Crippen molar-refractivity contribution in [3.8, 4) is 5.75 Å². The molecule has 3 rings (SSSR count). The number of hydrogen-bond acceptors (Lipinski definition) is 6. The number of nitrogens with one attached hydrogen (secondary N) is 3. The summed E-state index contributed by atoms with van der Waals surface area (Å²) in [4.78, 5) is 29.6. The fourth-order valence-corrected chi connectivity index (χ4v) is 3.57. The number of aryl methyl sites for hydroxylation is 1. The highest BCUT2D eigenvalue weighted by Gasteiger charge is 2.21. The zero-order chi connectivity index (χ0) is 17.5. The highest BCUT2D eigenvalue weighted by atomic mass is 32.2. The number of aromatic nitrogens is 3. The van der Waals surface area contributed by atoms with Gasteiger partial charge in [0.15, 0.2) is 0 Å². The van der Waals surface area contributed by atoms with Gasteiger partial charge in [-0.2, -0.15) is 4.98 Å². The second-order valence-corrected chi connectivity index (χ2v) is 6.69. The fraction of sp³-hybridized carbons (Fsp3) is 0.0714. The Bertz CT molecular complexity index is 1140. The molecule has 3 aromatic rings. The van der Waals surface area contributed by atoms with Gasteiger partial charge in [-0.3, -0.25) is 9.97 Å². The Hall–Kier alpha value is -3.14. The number of benzene rings is 2. The molecular formula is C14H12N4O5S. The summed E-state index contributed by atoms with van der Waals surface area (Å²) in [5.74, 6) is -0.522. The van der Waals surface area contributed by atoms with Crippen molar-refractivity contribution in [1.29, 1.82) is 0 Å². The van der Waals surface area contributed by atoms with Gasteiger partial charge in [-0.05, 0) is 18.6 Å². The van der Waals surface area contributed by atoms with Crippen LogP contribution in [0.1, 0.15) is 5.56 Å². The minimum Gasteiger partial charge on any atom is -0.507 e. The number of sulfonamides is 1. The van der Waals surface area contributed by atoms with E-state index >= 15 is 0 Å². The van der Waals surface area contributed by atoms with Crippen molar-refractivity contribution >= 4 is 26.7 Å². The van der Waals surface area contributed by atoms with Gasteiger partial charge in [-0.25, -0.2) is 22.7 Å². The standard InChI is InChI=1S/C14H12N4O5S/c1-7-6-10(8-4-2-3-5-9(8)11(7)19)24(22,23)18-12-15-13(20)17-14(21)16-12/h2-6,19H,1H3,(H3,15,16,17,18,20,21). The molecule has 0 saturated heterocycles. The zero-order valence-corrected chi connectivity index (χ0v) is 13.1. The van der Waals surface area contributed by atoms with Crippen molar-refractivity contribution in [2.45, 2.75) is 11.8 Å². The lowest BCUT2D eigenvalue weighted by Gasteiger charge is -2.12. The Morgan fingerprint density at radius 2 is 1.79 bits per heavy atom. The van der Waals surface area contributed by atoms with E-state index in [1.807, 2.05) is 4.98 Å². The molecule has 0 aliphatic carbocycles. The number of fused-ring (bicyclic) bond motifs is 1. The quantitative estimate of drug-likeness (QED) is 0.540. The lowest BCUT2D eigenvalue weighted by molar-refractivity contribution is 0.477. The zero-order valence-electron chi connectivity index (χ0n) is 12.3. The van der Waals surface area contributed by atoms with Gasteiger partial charge in [0.2, 0.25) is 5.95 Å². The van der Waals surface area contributed by atoms with Gasteiger partial charge in [0.25, 0.3) is 10.0 Å². The number of aromatic amines is 2. The van der Waals surface area contributed by atoms with Crippen LogP contribution in [-0.4, -0.2) is 28.5 Å². The minimum atomic E-state index is -4.16. The first-order chi connectivity index (χ1) is 11.3. The van der Waals surface area contributed by atoms with Crippen molar-refractivity contribution in [3.05, 3.63) is 56.9 Å². The van der Waals surface area contributed by atoms with Crippen molar-refractivity contribution in [3.63, 3.8) is 0 Å². The number of H-pyrrole nitrogens is 2. The maximum atomic E-state index is 12.6. The second-order valence-electron chi connectivity index (χ2n) is 5.04. The summed E-state index contributed by atoms with van der Waals surface area (Å²) in [5, 5.41) is 10.7. The van der Waals surface area contributed by atoms with Crippen LogP contribution in [0.15, 0.2) is 44.8 Å². The Morgan fingerprint density at radius 3 is 2.46 bits per heavy atom. The lowest BCUT2D eigenvalue weighted by Crippen LogP contribution is -2.28. The van der Waals surface area contributed by atoms with E-state index in [1.54, 1.807) is 25.1 Å². The first-order valence-corrected chi connectivity index (χ1v) is 8.21. The Kier molecular flexibility index (Phi) is 3.60. The van der Waals surface area contributed by atoms with Gasteiger partial charge >= 0.3 is 11.4 Å². The SMILES string of the molecule is Cc1cc(S(=O)(=O)Nc2nc(=O)[nH]c(=O)[nH]2)c2ccccc2c1O. The number of hydrogen-bond donors (Lipinski definition) is 4. The third-order valence-corrected chi connectivity index (χ3v) is 4.73. The van der Waals surface area contributed by atoms with Crippen LogP contribution < -0.4 is 16.1 Å². The van der Waals surface area contributed by atoms with Gasteiger partial charge in [0.1, 0.15) is 5.75 Å². The molecule has 1 heterocycles. The molecule has 0 fully saturated rings. The smallest absolute Gasteiger partial charge is 0.352 e. The summed E-state index contributed by atoms with van der Waals surface area (Å²) in [6.07, 6.45) is 0. The average molecular weight is 348 g/mol. The van der Waals surface area contributed by atoms with Gasteiger partial charge in [0.05, 0.1) is 4.90 Å². The molecule has 2 aromatic carbocycles. The van der Waals surface area contributed by atoms with Crippen molar-refractivity contribution in [1.82, 2.24) is 15.0 Å². The second kappa shape index (κ2) is 5.49. The monoisotopic (exact) mass is 348 g/mol. The maximum absolute atomic E-state index is 12.6. The normalized spacial score (nSPS) is 11.5. The van der Waals surface area contributed by atoms with E-state index in [-0.39, 0.29) is 10.6 Å². The third-order valence-electron chi connectivity index (χ3n) is 3.36. The minimum absolute atomic E-state index is 0.0211. The highest BCUT2D eigenvalue weighted by Crippen LogP contribution is 2.33. The van der Waals surface area contributed by atoms with Crippen LogP contribution in [0.3, 0.4) is 0 Å². The molecule has 0 amide bonds. The number of rotatable bonds is 3. The van der Waals surface area contributed by atoms with Crippen LogP contribution >= 0.6 is 0 Å². The molecule has 0 unspecified atom stereocenters. The van der Waals surface area contributed by atoms with E-state index in [0.29, 0.717) is 16.3 Å². The van der Waals surface area contributed by atoms with E-state index in [2.05, 4.69) is 14.7 Å². The molecule has 0 bridgehead atoms. The third kappa shape index (κ3) is 2.74. The largest absolute Gasteiger partial charge is 0.507 e. The summed E-state index contributed by atoms with van der Waals surface area (Å²) >= 11 is 0. The van der Waals surface area contributed by atoms with Gasteiger partial charge < -0.3 is 5.11 Å². The summed E-state index contributed by atoms with van der Waals surface area (Å²) < 4.78 is 27.3. The van der Waals surface area contributed by atoms with E-state index < -0.39 is 27.4 Å². The van der Waals surface area contributed by atoms with E-state index in [0.717, 1.165) is 0 Å². The molecule has 0 saturated carbocycles. The van der Waals surface area contributed by atoms with Crippen molar-refractivity contribution < 1.29 is 13.5 Å². The molecule has 4 N–H and O–H groups in total. The predicted octanol–water partition coefficient (Wildman–Crippen LogP) is 0.426. The Balaban J connectivity index is 2.20. The maximum Gasteiger partial charge on any atom is 0.352 e. The molecular weight excluding hydrogens is 336 g/mol. The summed E-state index contributed by atoms with van der Waals surface area (Å²) in [6.45, 7) is 1.56. The van der Waals surface area contributed by atoms with Crippen LogP contribution in [0.25, 0.3) is 10.8 Å². The summed E-state index contributed by atoms with van der Waals surface area (Å²) in [5.41, 5.74) is -1.51. The van der Waals surface area contributed by atoms with Crippen LogP contribution in [0, 0.1) is 6.92 Å². The average Bonchev–Trinajstić information content (AvgIpc) is 2.49. The van der Waals surface area contributed by atoms with Gasteiger partial charge in [0, 0.05) is 10.8 Å². The number of aromatic hydroxyl groups is 1. The molecule has 0 radical (unpaired) electrons. The number of nitrogens with zero attached hydrogens (tertiary/aromatic N) is 1. The van der Waals surface area contributed by atoms with Crippen LogP contribution in [0.2, 0.25) is 0 Å². The van der Waals surface area contributed by atoms with Crippen LogP contribution in [0.4, 0.5) is 5.95 Å². The van der Waals surface area contributed by atoms with Gasteiger partial charge in [-0.1, -0.05) is 24.3 Å². The topological polar surface area (TPSA) is 145 Å². The lowest BCUT2D eigenvalue weighted by atomic mass is 10.1. The first-order valence-electron chi connectivity index (χ1n) is 6.73. The molecule has 1 aromatic heterocycles. The van der Waals surface area contributed by atoms with Crippen LogP contribution in [0.5, 0.6) is 5.75 Å². The number of anilines is 1. The van der Waals surface area contributed by atoms with Crippen molar-refractivity contribution in [2.24, 2.45) is 0 Å². The molecule has 0 aliphatic rings. The Morgan fingerprint density at radius 1 is 1.12 bits per heavy atom. The van der Waals surface area contributed by atoms with Gasteiger partial charge in [-0.15, -0.1) is 0 Å². The summed E-state index contributed by atoms with van der Waals surface area (Å²) in [6, 6.07) is 7.72. The molecule has 0 aliphatic heterocycles. The van der Waals surface area contributed by atoms with E-state index in [4.69, 9.17) is 0 Å². The molecule has 0 spiro atoms. The predicted molar refractivity (Wildman–Crippen MR) is 86.6 cm³/mol. The first kappa shape index (κ1) is 15.7. The molecule has 24 heavy (non-hydrogen) atoms. The van der Waals surface area contributed by atoms with Crippen molar-refractivity contribution in [2.75, 3.05) is 4.72 Å². The molecule has 10 heteroatoms. The Labute approximate surface area is 135 Å². The summed E-state index contributed by atoms with van der Waals surface area (Å²) in [7, 11) is -4.16. The molecule has 9 nitrogen and oxygen atoms in total. The fourth-order valence-electron chi connectivity index (χ4n) is 2.31. The number of phenolic OH excluding ortho intramolecular Hbond substituents is 1. The molecule has 124 valence electrons. The molecule has 0 atom stereocenters.